The largest absolute Gasteiger partial charge is 0.369 e. The van der Waals surface area contributed by atoms with Crippen LogP contribution in [-0.4, -0.2) is 16.5 Å². The Balaban J connectivity index is 2.34. The van der Waals surface area contributed by atoms with Crippen molar-refractivity contribution in [3.63, 3.8) is 0 Å². The lowest BCUT2D eigenvalue weighted by molar-refractivity contribution is 0.584. The summed E-state index contributed by atoms with van der Waals surface area (Å²) in [5.41, 5.74) is 0.129. The summed E-state index contributed by atoms with van der Waals surface area (Å²) in [6.45, 7) is 4.34. The minimum atomic E-state index is -0.674. The second kappa shape index (κ2) is 6.80. The monoisotopic (exact) mass is 356 g/mol. The average molecular weight is 357 g/mol. The lowest BCUT2D eigenvalue weighted by atomic mass is 10.2. The Kier molecular flexibility index (Phi) is 5.06. The fourth-order valence-corrected chi connectivity index (χ4v) is 2.16. The van der Waals surface area contributed by atoms with Gasteiger partial charge < -0.3 is 10.6 Å². The third kappa shape index (κ3) is 3.47. The molecule has 0 bridgehead atoms. The van der Waals surface area contributed by atoms with Crippen LogP contribution >= 0.6 is 15.9 Å². The van der Waals surface area contributed by atoms with Crippen molar-refractivity contribution in [3.05, 3.63) is 40.1 Å². The summed E-state index contributed by atoms with van der Waals surface area (Å²) in [5.74, 6) is -0.440. The molecule has 0 fully saturated rings. The molecule has 0 unspecified atom stereocenters. The predicted molar refractivity (Wildman–Crippen MR) is 82.9 cm³/mol. The van der Waals surface area contributed by atoms with Gasteiger partial charge in [-0.2, -0.15) is 0 Å². The SMILES string of the molecule is CCCNc1ncnc(Nc2c(F)ccc(C)c2F)c1Br. The van der Waals surface area contributed by atoms with Gasteiger partial charge in [-0.1, -0.05) is 13.0 Å². The molecule has 2 N–H and O–H groups in total. The summed E-state index contributed by atoms with van der Waals surface area (Å²) < 4.78 is 28.3. The first-order valence-corrected chi connectivity index (χ1v) is 7.29. The van der Waals surface area contributed by atoms with Crippen molar-refractivity contribution < 1.29 is 8.78 Å². The number of rotatable bonds is 5. The maximum Gasteiger partial charge on any atom is 0.152 e. The Morgan fingerprint density at radius 2 is 1.90 bits per heavy atom. The molecule has 0 spiro atoms. The van der Waals surface area contributed by atoms with Gasteiger partial charge in [0, 0.05) is 6.54 Å². The molecule has 7 heteroatoms. The third-order valence-electron chi connectivity index (χ3n) is 2.86. The van der Waals surface area contributed by atoms with Gasteiger partial charge in [-0.25, -0.2) is 18.7 Å². The van der Waals surface area contributed by atoms with Crippen LogP contribution in [0.3, 0.4) is 0 Å². The molecule has 0 aliphatic rings. The Morgan fingerprint density at radius 3 is 2.62 bits per heavy atom. The molecule has 0 saturated carbocycles. The van der Waals surface area contributed by atoms with Crippen LogP contribution in [0, 0.1) is 18.6 Å². The smallest absolute Gasteiger partial charge is 0.152 e. The van der Waals surface area contributed by atoms with E-state index in [0.29, 0.717) is 21.7 Å². The summed E-state index contributed by atoms with van der Waals surface area (Å²) in [7, 11) is 0. The summed E-state index contributed by atoms with van der Waals surface area (Å²) in [6.07, 6.45) is 2.26. The van der Waals surface area contributed by atoms with Crippen LogP contribution < -0.4 is 10.6 Å². The van der Waals surface area contributed by atoms with Gasteiger partial charge in [0.1, 0.15) is 33.9 Å². The van der Waals surface area contributed by atoms with E-state index in [1.54, 1.807) is 6.92 Å². The molecule has 1 heterocycles. The van der Waals surface area contributed by atoms with Gasteiger partial charge in [-0.3, -0.25) is 0 Å². The standard InChI is InChI=1S/C14H15BrF2N4/c1-3-6-18-13-10(15)14(20-7-19-13)21-12-9(16)5-4-8(2)11(12)17/h4-5,7H,3,6H2,1-2H3,(H2,18,19,20,21). The van der Waals surface area contributed by atoms with Crippen molar-refractivity contribution in [2.24, 2.45) is 0 Å². The van der Waals surface area contributed by atoms with E-state index < -0.39 is 11.6 Å². The van der Waals surface area contributed by atoms with Crippen LogP contribution in [-0.2, 0) is 0 Å². The van der Waals surface area contributed by atoms with Crippen LogP contribution in [0.5, 0.6) is 0 Å². The van der Waals surface area contributed by atoms with Crippen molar-refractivity contribution in [1.82, 2.24) is 9.97 Å². The number of hydrogen-bond acceptors (Lipinski definition) is 4. The average Bonchev–Trinajstić information content (AvgIpc) is 2.48. The van der Waals surface area contributed by atoms with Gasteiger partial charge in [0.2, 0.25) is 0 Å². The molecule has 21 heavy (non-hydrogen) atoms. The zero-order chi connectivity index (χ0) is 15.4. The number of aromatic nitrogens is 2. The lowest BCUT2D eigenvalue weighted by Crippen LogP contribution is -2.07. The highest BCUT2D eigenvalue weighted by Crippen LogP contribution is 2.31. The number of hydrogen-bond donors (Lipinski definition) is 2. The quantitative estimate of drug-likeness (QED) is 0.833. The molecule has 0 atom stereocenters. The van der Waals surface area contributed by atoms with Crippen molar-refractivity contribution in [1.29, 1.82) is 0 Å². The van der Waals surface area contributed by atoms with Crippen LogP contribution in [0.15, 0.2) is 22.9 Å². The molecule has 0 aliphatic carbocycles. The van der Waals surface area contributed by atoms with Gasteiger partial charge in [-0.15, -0.1) is 0 Å². The molecular weight excluding hydrogens is 342 g/mol. The molecule has 1 aromatic heterocycles. The van der Waals surface area contributed by atoms with E-state index in [1.165, 1.54) is 18.5 Å². The third-order valence-corrected chi connectivity index (χ3v) is 3.61. The normalized spacial score (nSPS) is 10.5. The Labute approximate surface area is 130 Å². The highest BCUT2D eigenvalue weighted by molar-refractivity contribution is 9.10. The summed E-state index contributed by atoms with van der Waals surface area (Å²) >= 11 is 3.34. The second-order valence-electron chi connectivity index (χ2n) is 4.49. The van der Waals surface area contributed by atoms with Crippen molar-refractivity contribution in [2.45, 2.75) is 20.3 Å². The molecule has 2 rings (SSSR count). The minimum absolute atomic E-state index is 0.226. The number of anilines is 3. The first-order valence-electron chi connectivity index (χ1n) is 6.50. The summed E-state index contributed by atoms with van der Waals surface area (Å²) in [4.78, 5) is 8.10. The van der Waals surface area contributed by atoms with Crippen LogP contribution in [0.4, 0.5) is 26.1 Å². The minimum Gasteiger partial charge on any atom is -0.369 e. The van der Waals surface area contributed by atoms with Crippen molar-refractivity contribution >= 4 is 33.3 Å². The van der Waals surface area contributed by atoms with E-state index in [4.69, 9.17) is 0 Å². The summed E-state index contributed by atoms with van der Waals surface area (Å²) in [6, 6.07) is 2.60. The number of nitrogens with one attached hydrogen (secondary N) is 2. The molecule has 2 aromatic rings. The first kappa shape index (κ1) is 15.6. The zero-order valence-corrected chi connectivity index (χ0v) is 13.3. The Bertz CT molecular complexity index is 649. The van der Waals surface area contributed by atoms with E-state index in [9.17, 15) is 8.78 Å². The fourth-order valence-electron chi connectivity index (χ4n) is 1.71. The Morgan fingerprint density at radius 1 is 1.19 bits per heavy atom. The van der Waals surface area contributed by atoms with E-state index in [0.717, 1.165) is 13.0 Å². The second-order valence-corrected chi connectivity index (χ2v) is 5.28. The van der Waals surface area contributed by atoms with Gasteiger partial charge in [0.05, 0.1) is 0 Å². The fraction of sp³-hybridized carbons (Fsp3) is 0.286. The summed E-state index contributed by atoms with van der Waals surface area (Å²) in [5, 5.41) is 5.78. The topological polar surface area (TPSA) is 49.8 Å². The molecule has 0 amide bonds. The lowest BCUT2D eigenvalue weighted by Gasteiger charge is -2.13. The van der Waals surface area contributed by atoms with E-state index in [2.05, 4.69) is 36.5 Å². The van der Waals surface area contributed by atoms with Gasteiger partial charge in [0.15, 0.2) is 5.82 Å². The molecule has 0 aliphatic heterocycles. The molecular formula is C14H15BrF2N4. The molecule has 0 saturated heterocycles. The van der Waals surface area contributed by atoms with Crippen LogP contribution in [0.25, 0.3) is 0 Å². The number of nitrogens with zero attached hydrogens (tertiary/aromatic N) is 2. The molecule has 0 radical (unpaired) electrons. The first-order chi connectivity index (χ1) is 10.0. The van der Waals surface area contributed by atoms with Crippen LogP contribution in [0.1, 0.15) is 18.9 Å². The number of benzene rings is 1. The number of aryl methyl sites for hydroxylation is 1. The maximum absolute atomic E-state index is 14.0. The van der Waals surface area contributed by atoms with E-state index in [1.807, 2.05) is 6.92 Å². The zero-order valence-electron chi connectivity index (χ0n) is 11.7. The van der Waals surface area contributed by atoms with E-state index in [-0.39, 0.29) is 5.69 Å². The number of halogens is 3. The molecule has 112 valence electrons. The van der Waals surface area contributed by atoms with Gasteiger partial charge >= 0.3 is 0 Å². The predicted octanol–water partition coefficient (Wildman–Crippen LogP) is 4.39. The van der Waals surface area contributed by atoms with Crippen molar-refractivity contribution in [2.75, 3.05) is 17.2 Å². The van der Waals surface area contributed by atoms with Gasteiger partial charge in [0.25, 0.3) is 0 Å². The highest BCUT2D eigenvalue weighted by Gasteiger charge is 2.15. The highest BCUT2D eigenvalue weighted by atomic mass is 79.9. The van der Waals surface area contributed by atoms with Crippen molar-refractivity contribution in [3.8, 4) is 0 Å². The molecule has 4 nitrogen and oxygen atoms in total. The Hall–Kier alpha value is -1.76. The maximum atomic E-state index is 14.0. The van der Waals surface area contributed by atoms with E-state index >= 15 is 0 Å². The van der Waals surface area contributed by atoms with Gasteiger partial charge in [-0.05, 0) is 40.9 Å². The molecule has 1 aromatic carbocycles. The van der Waals surface area contributed by atoms with Crippen LogP contribution in [0.2, 0.25) is 0 Å².